The Hall–Kier alpha value is -1.20. The Balaban J connectivity index is 1.89. The van der Waals surface area contributed by atoms with Gasteiger partial charge in [-0.25, -0.2) is 0 Å². The van der Waals surface area contributed by atoms with Crippen molar-refractivity contribution in [3.8, 4) is 0 Å². The first-order valence-corrected chi connectivity index (χ1v) is 7.77. The molecular weight excluding hydrogens is 258 g/mol. The van der Waals surface area contributed by atoms with E-state index in [1.165, 1.54) is 11.3 Å². The number of rotatable bonds is 6. The highest BCUT2D eigenvalue weighted by Crippen LogP contribution is 2.14. The number of hydrogen-bond donors (Lipinski definition) is 1. The lowest BCUT2D eigenvalue weighted by Crippen LogP contribution is -2.13. The van der Waals surface area contributed by atoms with E-state index in [1.54, 1.807) is 11.8 Å². The van der Waals surface area contributed by atoms with Gasteiger partial charge in [0.15, 0.2) is 0 Å². The van der Waals surface area contributed by atoms with E-state index in [2.05, 4.69) is 23.6 Å². The molecule has 2 aromatic heterocycles. The lowest BCUT2D eigenvalue weighted by Gasteiger charge is -2.04. The van der Waals surface area contributed by atoms with Crippen LogP contribution in [0.4, 0.5) is 0 Å². The van der Waals surface area contributed by atoms with Gasteiger partial charge in [-0.1, -0.05) is 0 Å². The van der Waals surface area contributed by atoms with E-state index in [0.29, 0.717) is 0 Å². The number of furan rings is 1. The zero-order chi connectivity index (χ0) is 13.8. The zero-order valence-electron chi connectivity index (χ0n) is 12.0. The van der Waals surface area contributed by atoms with E-state index in [-0.39, 0.29) is 0 Å². The molecule has 0 aliphatic rings. The van der Waals surface area contributed by atoms with Crippen molar-refractivity contribution in [2.75, 3.05) is 6.26 Å². The summed E-state index contributed by atoms with van der Waals surface area (Å²) in [7, 11) is 1.98. The number of aryl methyl sites for hydroxylation is 2. The van der Waals surface area contributed by atoms with Crippen molar-refractivity contribution in [1.29, 1.82) is 0 Å². The minimum Gasteiger partial charge on any atom is -0.464 e. The fraction of sp³-hybridized carbons (Fsp3) is 0.500. The molecule has 0 spiro atoms. The fourth-order valence-corrected chi connectivity index (χ4v) is 2.56. The number of aromatic nitrogens is 2. The Morgan fingerprint density at radius 3 is 2.63 bits per heavy atom. The van der Waals surface area contributed by atoms with Crippen LogP contribution in [0, 0.1) is 13.8 Å². The summed E-state index contributed by atoms with van der Waals surface area (Å²) < 4.78 is 7.65. The fourth-order valence-electron chi connectivity index (χ4n) is 2.12. The van der Waals surface area contributed by atoms with Gasteiger partial charge < -0.3 is 9.73 Å². The quantitative estimate of drug-likeness (QED) is 0.883. The first-order valence-electron chi connectivity index (χ1n) is 6.38. The van der Waals surface area contributed by atoms with Crippen LogP contribution in [-0.4, -0.2) is 16.0 Å². The van der Waals surface area contributed by atoms with E-state index >= 15 is 0 Å². The molecule has 0 aliphatic heterocycles. The standard InChI is InChI=1S/C14H21N3OS/c1-10-14(11(2)17(3)16-10)8-15-7-12-5-6-13(18-12)9-19-4/h5-6,15H,7-9H2,1-4H3. The molecule has 0 aliphatic carbocycles. The summed E-state index contributed by atoms with van der Waals surface area (Å²) in [5, 5.41) is 7.83. The van der Waals surface area contributed by atoms with E-state index in [0.717, 1.165) is 36.1 Å². The van der Waals surface area contributed by atoms with E-state index in [4.69, 9.17) is 4.42 Å². The van der Waals surface area contributed by atoms with Crippen molar-refractivity contribution in [2.45, 2.75) is 32.7 Å². The van der Waals surface area contributed by atoms with Gasteiger partial charge in [0.25, 0.3) is 0 Å². The molecule has 5 heteroatoms. The first kappa shape index (κ1) is 14.2. The first-order chi connectivity index (χ1) is 9.11. The average Bonchev–Trinajstić information content (AvgIpc) is 2.90. The molecule has 0 fully saturated rings. The Labute approximate surface area is 118 Å². The van der Waals surface area contributed by atoms with Crippen LogP contribution in [0.3, 0.4) is 0 Å². The second-order valence-corrected chi connectivity index (χ2v) is 5.54. The van der Waals surface area contributed by atoms with Gasteiger partial charge >= 0.3 is 0 Å². The Morgan fingerprint density at radius 2 is 2.00 bits per heavy atom. The van der Waals surface area contributed by atoms with Gasteiger partial charge in [-0.2, -0.15) is 16.9 Å². The third-order valence-electron chi connectivity index (χ3n) is 3.26. The Kier molecular flexibility index (Phi) is 4.71. The van der Waals surface area contributed by atoms with Crippen molar-refractivity contribution < 1.29 is 4.42 Å². The SMILES string of the molecule is CSCc1ccc(CNCc2c(C)nn(C)c2C)o1. The second kappa shape index (κ2) is 6.30. The van der Waals surface area contributed by atoms with Crippen LogP contribution in [0.2, 0.25) is 0 Å². The van der Waals surface area contributed by atoms with Gasteiger partial charge in [0.05, 0.1) is 18.0 Å². The molecule has 0 bridgehead atoms. The highest BCUT2D eigenvalue weighted by Gasteiger charge is 2.09. The lowest BCUT2D eigenvalue weighted by atomic mass is 10.2. The summed E-state index contributed by atoms with van der Waals surface area (Å²) in [5.41, 5.74) is 3.58. The van der Waals surface area contributed by atoms with Gasteiger partial charge in [-0.3, -0.25) is 4.68 Å². The van der Waals surface area contributed by atoms with Crippen molar-refractivity contribution in [2.24, 2.45) is 7.05 Å². The topological polar surface area (TPSA) is 43.0 Å². The van der Waals surface area contributed by atoms with E-state index in [1.807, 2.05) is 30.8 Å². The monoisotopic (exact) mass is 279 g/mol. The molecule has 2 rings (SSSR count). The molecule has 0 saturated heterocycles. The maximum Gasteiger partial charge on any atom is 0.118 e. The third-order valence-corrected chi connectivity index (χ3v) is 3.84. The van der Waals surface area contributed by atoms with Gasteiger partial charge in [-0.05, 0) is 32.2 Å². The lowest BCUT2D eigenvalue weighted by molar-refractivity contribution is 0.459. The van der Waals surface area contributed by atoms with Crippen LogP contribution in [0.15, 0.2) is 16.5 Å². The smallest absolute Gasteiger partial charge is 0.118 e. The summed E-state index contributed by atoms with van der Waals surface area (Å²) in [6.07, 6.45) is 2.08. The highest BCUT2D eigenvalue weighted by atomic mass is 32.2. The predicted molar refractivity (Wildman–Crippen MR) is 79.2 cm³/mol. The molecule has 19 heavy (non-hydrogen) atoms. The molecule has 2 heterocycles. The molecule has 0 unspecified atom stereocenters. The van der Waals surface area contributed by atoms with Crippen molar-refractivity contribution in [1.82, 2.24) is 15.1 Å². The van der Waals surface area contributed by atoms with Crippen LogP contribution in [-0.2, 0) is 25.9 Å². The highest BCUT2D eigenvalue weighted by molar-refractivity contribution is 7.97. The molecule has 0 radical (unpaired) electrons. The number of nitrogens with zero attached hydrogens (tertiary/aromatic N) is 2. The maximum absolute atomic E-state index is 5.72. The summed E-state index contributed by atoms with van der Waals surface area (Å²) >= 11 is 1.77. The number of thioether (sulfide) groups is 1. The van der Waals surface area contributed by atoms with Crippen LogP contribution in [0.5, 0.6) is 0 Å². The molecule has 0 atom stereocenters. The van der Waals surface area contributed by atoms with Crippen molar-refractivity contribution >= 4 is 11.8 Å². The maximum atomic E-state index is 5.72. The minimum absolute atomic E-state index is 0.752. The zero-order valence-corrected chi connectivity index (χ0v) is 12.8. The summed E-state index contributed by atoms with van der Waals surface area (Å²) in [6.45, 7) is 5.72. The van der Waals surface area contributed by atoms with Gasteiger partial charge in [0.2, 0.25) is 0 Å². The second-order valence-electron chi connectivity index (χ2n) is 4.68. The number of nitrogens with one attached hydrogen (secondary N) is 1. The minimum atomic E-state index is 0.752. The summed E-state index contributed by atoms with van der Waals surface area (Å²) in [6, 6.07) is 4.09. The van der Waals surface area contributed by atoms with Crippen LogP contribution < -0.4 is 5.32 Å². The van der Waals surface area contributed by atoms with Gasteiger partial charge in [-0.15, -0.1) is 0 Å². The molecule has 0 amide bonds. The van der Waals surface area contributed by atoms with E-state index < -0.39 is 0 Å². The Morgan fingerprint density at radius 1 is 1.26 bits per heavy atom. The summed E-state index contributed by atoms with van der Waals surface area (Å²) in [5.74, 6) is 2.96. The van der Waals surface area contributed by atoms with Gasteiger partial charge in [0.1, 0.15) is 11.5 Å². The molecule has 1 N–H and O–H groups in total. The summed E-state index contributed by atoms with van der Waals surface area (Å²) in [4.78, 5) is 0. The molecule has 0 aromatic carbocycles. The molecule has 104 valence electrons. The van der Waals surface area contributed by atoms with Crippen LogP contribution >= 0.6 is 11.8 Å². The number of hydrogen-bond acceptors (Lipinski definition) is 4. The third kappa shape index (κ3) is 3.42. The molecule has 2 aromatic rings. The molecule has 4 nitrogen and oxygen atoms in total. The average molecular weight is 279 g/mol. The van der Waals surface area contributed by atoms with Gasteiger partial charge in [0, 0.05) is 24.8 Å². The van der Waals surface area contributed by atoms with Crippen molar-refractivity contribution in [3.05, 3.63) is 40.6 Å². The normalized spacial score (nSPS) is 11.2. The Bertz CT molecular complexity index is 545. The van der Waals surface area contributed by atoms with Crippen LogP contribution in [0.1, 0.15) is 28.5 Å². The van der Waals surface area contributed by atoms with Crippen molar-refractivity contribution in [3.63, 3.8) is 0 Å². The predicted octanol–water partition coefficient (Wildman–Crippen LogP) is 2.78. The molecular formula is C14H21N3OS. The van der Waals surface area contributed by atoms with E-state index in [9.17, 15) is 0 Å². The van der Waals surface area contributed by atoms with Crippen LogP contribution in [0.25, 0.3) is 0 Å². The largest absolute Gasteiger partial charge is 0.464 e. The molecule has 0 saturated carbocycles.